The number of carbonyl (C=O) groups is 1. The van der Waals surface area contributed by atoms with Crippen molar-refractivity contribution >= 4 is 5.78 Å². The Balaban J connectivity index is 1.94. The predicted octanol–water partition coefficient (Wildman–Crippen LogP) is 2.58. The topological polar surface area (TPSA) is 33.2 Å². The normalized spacial score (nSPS) is 19.7. The van der Waals surface area contributed by atoms with Crippen molar-refractivity contribution in [2.45, 2.75) is 39.7 Å². The number of Topliss-reactive ketones (excluding diaryl/α,β-unsaturated/α-hetero) is 1. The van der Waals surface area contributed by atoms with Gasteiger partial charge in [-0.05, 0) is 38.4 Å². The molecule has 1 fully saturated rings. The van der Waals surface area contributed by atoms with Crippen LogP contribution >= 0.6 is 0 Å². The van der Waals surface area contributed by atoms with Gasteiger partial charge in [0.2, 0.25) is 0 Å². The van der Waals surface area contributed by atoms with Crippen LogP contribution < -0.4 is 0 Å². The molecule has 3 nitrogen and oxygen atoms in total. The molecule has 1 heterocycles. The molecule has 18 heavy (non-hydrogen) atoms. The summed E-state index contributed by atoms with van der Waals surface area (Å²) in [5.41, 5.74) is 2.16. The number of aryl methyl sites for hydroxylation is 1. The maximum absolute atomic E-state index is 11.7. The molecule has 1 unspecified atom stereocenters. The molecule has 0 N–H and O–H groups in total. The van der Waals surface area contributed by atoms with E-state index < -0.39 is 0 Å². The Labute approximate surface area is 109 Å². The SMILES string of the molecule is CCN(Cc1cccc(C)n1)CC1CCCC1=O. The molecule has 1 aliphatic rings. The lowest BCUT2D eigenvalue weighted by Crippen LogP contribution is -2.31. The van der Waals surface area contributed by atoms with E-state index in [4.69, 9.17) is 0 Å². The van der Waals surface area contributed by atoms with E-state index in [1.54, 1.807) is 0 Å². The summed E-state index contributed by atoms with van der Waals surface area (Å²) < 4.78 is 0. The highest BCUT2D eigenvalue weighted by Crippen LogP contribution is 2.22. The Morgan fingerprint density at radius 1 is 1.44 bits per heavy atom. The van der Waals surface area contributed by atoms with Gasteiger partial charge in [0.05, 0.1) is 5.69 Å². The molecule has 1 atom stereocenters. The Bertz CT molecular complexity index is 417. The molecule has 0 saturated heterocycles. The summed E-state index contributed by atoms with van der Waals surface area (Å²) in [6, 6.07) is 6.12. The molecular formula is C15H22N2O. The molecule has 1 aromatic heterocycles. The van der Waals surface area contributed by atoms with Gasteiger partial charge in [0, 0.05) is 31.1 Å². The molecule has 1 saturated carbocycles. The van der Waals surface area contributed by atoms with E-state index in [9.17, 15) is 4.79 Å². The first-order valence-electron chi connectivity index (χ1n) is 6.86. The maximum Gasteiger partial charge on any atom is 0.137 e. The lowest BCUT2D eigenvalue weighted by molar-refractivity contribution is -0.121. The monoisotopic (exact) mass is 246 g/mol. The molecule has 0 radical (unpaired) electrons. The highest BCUT2D eigenvalue weighted by atomic mass is 16.1. The first-order valence-corrected chi connectivity index (χ1v) is 6.86. The maximum atomic E-state index is 11.7. The summed E-state index contributed by atoms with van der Waals surface area (Å²) in [6.07, 6.45) is 2.92. The van der Waals surface area contributed by atoms with Crippen molar-refractivity contribution < 1.29 is 4.79 Å². The van der Waals surface area contributed by atoms with Crippen molar-refractivity contribution in [2.24, 2.45) is 5.92 Å². The highest BCUT2D eigenvalue weighted by molar-refractivity contribution is 5.83. The molecule has 98 valence electrons. The summed E-state index contributed by atoms with van der Waals surface area (Å²) >= 11 is 0. The third-order valence-corrected chi connectivity index (χ3v) is 3.69. The van der Waals surface area contributed by atoms with E-state index >= 15 is 0 Å². The van der Waals surface area contributed by atoms with E-state index in [2.05, 4.69) is 22.9 Å². The van der Waals surface area contributed by atoms with Crippen LogP contribution in [0.5, 0.6) is 0 Å². The summed E-state index contributed by atoms with van der Waals surface area (Å²) in [5.74, 6) is 0.709. The highest BCUT2D eigenvalue weighted by Gasteiger charge is 2.25. The summed E-state index contributed by atoms with van der Waals surface area (Å²) in [7, 11) is 0. The second-order valence-electron chi connectivity index (χ2n) is 5.15. The van der Waals surface area contributed by atoms with Crippen LogP contribution in [0.15, 0.2) is 18.2 Å². The molecule has 2 rings (SSSR count). The van der Waals surface area contributed by atoms with Gasteiger partial charge >= 0.3 is 0 Å². The zero-order valence-electron chi connectivity index (χ0n) is 11.4. The molecule has 0 spiro atoms. The number of pyridine rings is 1. The van der Waals surface area contributed by atoms with Crippen LogP contribution in [0.25, 0.3) is 0 Å². The average Bonchev–Trinajstić information content (AvgIpc) is 2.74. The fourth-order valence-corrected chi connectivity index (χ4v) is 2.61. The van der Waals surface area contributed by atoms with E-state index in [1.807, 2.05) is 19.1 Å². The number of aromatic nitrogens is 1. The number of rotatable bonds is 5. The minimum atomic E-state index is 0.259. The molecule has 1 aromatic rings. The standard InChI is InChI=1S/C15H22N2O/c1-3-17(10-13-7-5-9-15(13)18)11-14-8-4-6-12(2)16-14/h4,6,8,13H,3,5,7,9-11H2,1-2H3. The number of hydrogen-bond donors (Lipinski definition) is 0. The van der Waals surface area contributed by atoms with Crippen molar-refractivity contribution in [3.05, 3.63) is 29.6 Å². The second-order valence-corrected chi connectivity index (χ2v) is 5.15. The number of ketones is 1. The minimum absolute atomic E-state index is 0.259. The molecule has 0 aliphatic heterocycles. The second kappa shape index (κ2) is 6.10. The number of carbonyl (C=O) groups excluding carboxylic acids is 1. The summed E-state index contributed by atoms with van der Waals surface area (Å²) in [6.45, 7) is 6.88. The summed E-state index contributed by atoms with van der Waals surface area (Å²) in [4.78, 5) is 18.5. The molecule has 0 aromatic carbocycles. The fourth-order valence-electron chi connectivity index (χ4n) is 2.61. The van der Waals surface area contributed by atoms with Crippen molar-refractivity contribution in [3.63, 3.8) is 0 Å². The van der Waals surface area contributed by atoms with Crippen LogP contribution in [0.2, 0.25) is 0 Å². The lowest BCUT2D eigenvalue weighted by Gasteiger charge is -2.23. The first kappa shape index (κ1) is 13.2. The van der Waals surface area contributed by atoms with Gasteiger partial charge in [-0.1, -0.05) is 13.0 Å². The van der Waals surface area contributed by atoms with Gasteiger partial charge in [0.15, 0.2) is 0 Å². The molecule has 3 heteroatoms. The first-order chi connectivity index (χ1) is 8.69. The van der Waals surface area contributed by atoms with Crippen LogP contribution in [-0.2, 0) is 11.3 Å². The molecule has 0 amide bonds. The van der Waals surface area contributed by atoms with Gasteiger partial charge in [0.1, 0.15) is 5.78 Å². The van der Waals surface area contributed by atoms with Crippen LogP contribution in [-0.4, -0.2) is 28.8 Å². The van der Waals surface area contributed by atoms with E-state index in [1.165, 1.54) is 0 Å². The lowest BCUT2D eigenvalue weighted by atomic mass is 10.1. The smallest absolute Gasteiger partial charge is 0.137 e. The van der Waals surface area contributed by atoms with Gasteiger partial charge < -0.3 is 0 Å². The molecule has 1 aliphatic carbocycles. The number of nitrogens with zero attached hydrogens (tertiary/aromatic N) is 2. The van der Waals surface area contributed by atoms with Crippen LogP contribution in [0.4, 0.5) is 0 Å². The quantitative estimate of drug-likeness (QED) is 0.800. The largest absolute Gasteiger partial charge is 0.299 e. The van der Waals surface area contributed by atoms with Gasteiger partial charge in [-0.2, -0.15) is 0 Å². The Hall–Kier alpha value is -1.22. The predicted molar refractivity (Wildman–Crippen MR) is 72.3 cm³/mol. The van der Waals surface area contributed by atoms with Crippen LogP contribution in [0.1, 0.15) is 37.6 Å². The van der Waals surface area contributed by atoms with Gasteiger partial charge in [-0.3, -0.25) is 14.7 Å². The molecule has 0 bridgehead atoms. The fraction of sp³-hybridized carbons (Fsp3) is 0.600. The number of hydrogen-bond acceptors (Lipinski definition) is 3. The van der Waals surface area contributed by atoms with Gasteiger partial charge in [0.25, 0.3) is 0 Å². The van der Waals surface area contributed by atoms with Crippen molar-refractivity contribution in [2.75, 3.05) is 13.1 Å². The van der Waals surface area contributed by atoms with E-state index in [0.717, 1.165) is 50.3 Å². The minimum Gasteiger partial charge on any atom is -0.299 e. The van der Waals surface area contributed by atoms with Crippen LogP contribution in [0.3, 0.4) is 0 Å². The van der Waals surface area contributed by atoms with Gasteiger partial charge in [-0.25, -0.2) is 0 Å². The Kier molecular flexibility index (Phi) is 4.48. The van der Waals surface area contributed by atoms with Gasteiger partial charge in [-0.15, -0.1) is 0 Å². The zero-order chi connectivity index (χ0) is 13.0. The third kappa shape index (κ3) is 3.39. The van der Waals surface area contributed by atoms with Crippen molar-refractivity contribution in [1.82, 2.24) is 9.88 Å². The summed E-state index contributed by atoms with van der Waals surface area (Å²) in [5, 5.41) is 0. The van der Waals surface area contributed by atoms with E-state index in [-0.39, 0.29) is 5.92 Å². The zero-order valence-corrected chi connectivity index (χ0v) is 11.4. The van der Waals surface area contributed by atoms with Crippen molar-refractivity contribution in [3.8, 4) is 0 Å². The van der Waals surface area contributed by atoms with Crippen LogP contribution in [0, 0.1) is 12.8 Å². The molecular weight excluding hydrogens is 224 g/mol. The Morgan fingerprint density at radius 3 is 2.89 bits per heavy atom. The Morgan fingerprint density at radius 2 is 2.28 bits per heavy atom. The third-order valence-electron chi connectivity index (χ3n) is 3.69. The van der Waals surface area contributed by atoms with Crippen molar-refractivity contribution in [1.29, 1.82) is 0 Å². The average molecular weight is 246 g/mol. The van der Waals surface area contributed by atoms with E-state index in [0.29, 0.717) is 5.78 Å².